The van der Waals surface area contributed by atoms with Crippen molar-refractivity contribution >= 4 is 5.91 Å². The van der Waals surface area contributed by atoms with E-state index in [4.69, 9.17) is 4.42 Å². The maximum absolute atomic E-state index is 12.9. The Kier molecular flexibility index (Phi) is 4.11. The van der Waals surface area contributed by atoms with E-state index in [2.05, 4.69) is 10.1 Å². The van der Waals surface area contributed by atoms with Crippen molar-refractivity contribution in [1.82, 2.24) is 19.7 Å². The van der Waals surface area contributed by atoms with Crippen LogP contribution in [0.25, 0.3) is 0 Å². The van der Waals surface area contributed by atoms with Gasteiger partial charge in [0.15, 0.2) is 12.1 Å². The molecule has 2 aliphatic rings. The molecule has 2 aromatic rings. The molecule has 4 atom stereocenters. The molecule has 134 valence electrons. The number of rotatable bonds is 3. The van der Waals surface area contributed by atoms with Gasteiger partial charge in [0, 0.05) is 31.4 Å². The van der Waals surface area contributed by atoms with E-state index in [1.54, 1.807) is 6.20 Å². The standard InChI is InChI=1S/C18H24N4O3/c1-11(2)17-16(19-10-25-17)18(24)21-8-12-6-14(22-5-3-4-20-22)15(23)7-13(12)9-21/h3-5,10-15,23H,6-9H2,1-2H3/t12-,13+,14-,15-/m1/s1. The number of hydrogen-bond acceptors (Lipinski definition) is 5. The molecule has 7 nitrogen and oxygen atoms in total. The Labute approximate surface area is 146 Å². The van der Waals surface area contributed by atoms with Crippen LogP contribution in [0.4, 0.5) is 0 Å². The van der Waals surface area contributed by atoms with Crippen molar-refractivity contribution in [2.24, 2.45) is 11.8 Å². The molecule has 0 unspecified atom stereocenters. The van der Waals surface area contributed by atoms with E-state index in [0.717, 1.165) is 6.42 Å². The van der Waals surface area contributed by atoms with Crippen molar-refractivity contribution in [3.63, 3.8) is 0 Å². The van der Waals surface area contributed by atoms with Gasteiger partial charge in [-0.15, -0.1) is 0 Å². The number of amides is 1. The summed E-state index contributed by atoms with van der Waals surface area (Å²) >= 11 is 0. The quantitative estimate of drug-likeness (QED) is 0.921. The Balaban J connectivity index is 1.49. The maximum Gasteiger partial charge on any atom is 0.276 e. The molecule has 1 aliphatic carbocycles. The van der Waals surface area contributed by atoms with Gasteiger partial charge in [0.1, 0.15) is 5.76 Å². The highest BCUT2D eigenvalue weighted by molar-refractivity contribution is 5.93. The first-order valence-electron chi connectivity index (χ1n) is 8.94. The molecule has 0 radical (unpaired) electrons. The van der Waals surface area contributed by atoms with Crippen LogP contribution in [0.3, 0.4) is 0 Å². The number of aliphatic hydroxyl groups excluding tert-OH is 1. The third kappa shape index (κ3) is 2.86. The summed E-state index contributed by atoms with van der Waals surface area (Å²) in [6.07, 6.45) is 6.11. The van der Waals surface area contributed by atoms with Gasteiger partial charge in [0.05, 0.1) is 12.1 Å². The molecule has 4 rings (SSSR count). The molecule has 0 spiro atoms. The third-order valence-corrected chi connectivity index (χ3v) is 5.58. The van der Waals surface area contributed by atoms with Crippen LogP contribution in [-0.2, 0) is 0 Å². The summed E-state index contributed by atoms with van der Waals surface area (Å²) in [6.45, 7) is 5.37. The topological polar surface area (TPSA) is 84.4 Å². The molecule has 1 amide bonds. The zero-order chi connectivity index (χ0) is 17.6. The highest BCUT2D eigenvalue weighted by Crippen LogP contribution is 2.41. The lowest BCUT2D eigenvalue weighted by atomic mass is 9.77. The number of hydrogen-bond donors (Lipinski definition) is 1. The Hall–Kier alpha value is -2.15. The zero-order valence-corrected chi connectivity index (χ0v) is 14.6. The molecule has 1 N–H and O–H groups in total. The molecule has 1 saturated heterocycles. The number of carbonyl (C=O) groups excluding carboxylic acids is 1. The maximum atomic E-state index is 12.9. The second-order valence-corrected chi connectivity index (χ2v) is 7.54. The first-order valence-corrected chi connectivity index (χ1v) is 8.94. The van der Waals surface area contributed by atoms with Crippen LogP contribution >= 0.6 is 0 Å². The minimum atomic E-state index is -0.422. The van der Waals surface area contributed by atoms with Crippen molar-refractivity contribution in [3.05, 3.63) is 36.3 Å². The predicted molar refractivity (Wildman–Crippen MR) is 90.0 cm³/mol. The monoisotopic (exact) mass is 344 g/mol. The number of carbonyl (C=O) groups is 1. The summed E-state index contributed by atoms with van der Waals surface area (Å²) in [5, 5.41) is 14.8. The Bertz CT molecular complexity index is 739. The molecular weight excluding hydrogens is 320 g/mol. The van der Waals surface area contributed by atoms with E-state index in [1.165, 1.54) is 6.39 Å². The fourth-order valence-corrected chi connectivity index (χ4v) is 4.31. The molecule has 1 aliphatic heterocycles. The average molecular weight is 344 g/mol. The summed E-state index contributed by atoms with van der Waals surface area (Å²) in [6, 6.07) is 1.87. The molecule has 7 heteroatoms. The predicted octanol–water partition coefficient (Wildman–Crippen LogP) is 2.08. The SMILES string of the molecule is CC(C)c1ocnc1C(=O)N1C[C@H]2C[C@@H](n3cccn3)[C@H](O)C[C@H]2C1. The number of oxazole rings is 1. The van der Waals surface area contributed by atoms with Crippen LogP contribution in [-0.4, -0.2) is 49.9 Å². The second-order valence-electron chi connectivity index (χ2n) is 7.54. The smallest absolute Gasteiger partial charge is 0.276 e. The van der Waals surface area contributed by atoms with E-state index in [0.29, 0.717) is 42.8 Å². The summed E-state index contributed by atoms with van der Waals surface area (Å²) in [7, 11) is 0. The van der Waals surface area contributed by atoms with E-state index in [1.807, 2.05) is 35.7 Å². The lowest BCUT2D eigenvalue weighted by molar-refractivity contribution is 0.0306. The van der Waals surface area contributed by atoms with Crippen LogP contribution < -0.4 is 0 Å². The Morgan fingerprint density at radius 2 is 2.08 bits per heavy atom. The largest absolute Gasteiger partial charge is 0.447 e. The molecule has 3 heterocycles. The summed E-state index contributed by atoms with van der Waals surface area (Å²) in [5.74, 6) is 1.43. The summed E-state index contributed by atoms with van der Waals surface area (Å²) in [4.78, 5) is 18.9. The van der Waals surface area contributed by atoms with Gasteiger partial charge in [-0.25, -0.2) is 4.98 Å². The highest BCUT2D eigenvalue weighted by atomic mass is 16.3. The number of fused-ring (bicyclic) bond motifs is 1. The molecule has 0 bridgehead atoms. The van der Waals surface area contributed by atoms with E-state index in [9.17, 15) is 9.90 Å². The summed E-state index contributed by atoms with van der Waals surface area (Å²) < 4.78 is 7.25. The van der Waals surface area contributed by atoms with Crippen molar-refractivity contribution in [1.29, 1.82) is 0 Å². The van der Waals surface area contributed by atoms with Crippen LogP contribution in [0.5, 0.6) is 0 Å². The lowest BCUT2D eigenvalue weighted by Gasteiger charge is -2.35. The van der Waals surface area contributed by atoms with Gasteiger partial charge in [-0.3, -0.25) is 9.48 Å². The van der Waals surface area contributed by atoms with Crippen LogP contribution in [0, 0.1) is 11.8 Å². The fraction of sp³-hybridized carbons (Fsp3) is 0.611. The number of likely N-dealkylation sites (tertiary alicyclic amines) is 1. The molecule has 2 aromatic heterocycles. The highest BCUT2D eigenvalue weighted by Gasteiger charge is 2.44. The molecular formula is C18H24N4O3. The zero-order valence-electron chi connectivity index (χ0n) is 14.6. The normalized spacial score (nSPS) is 29.2. The molecule has 2 fully saturated rings. The van der Waals surface area contributed by atoms with E-state index >= 15 is 0 Å². The number of aliphatic hydroxyl groups is 1. The van der Waals surface area contributed by atoms with Gasteiger partial charge in [-0.2, -0.15) is 5.10 Å². The minimum absolute atomic E-state index is 0.00965. The van der Waals surface area contributed by atoms with Gasteiger partial charge < -0.3 is 14.4 Å². The Morgan fingerprint density at radius 1 is 1.32 bits per heavy atom. The first-order chi connectivity index (χ1) is 12.0. The van der Waals surface area contributed by atoms with E-state index < -0.39 is 6.10 Å². The van der Waals surface area contributed by atoms with Gasteiger partial charge >= 0.3 is 0 Å². The van der Waals surface area contributed by atoms with Gasteiger partial charge in [-0.05, 0) is 30.7 Å². The van der Waals surface area contributed by atoms with Crippen LogP contribution in [0.2, 0.25) is 0 Å². The van der Waals surface area contributed by atoms with Gasteiger partial charge in [0.2, 0.25) is 0 Å². The van der Waals surface area contributed by atoms with Crippen molar-refractivity contribution in [2.45, 2.75) is 44.8 Å². The fourth-order valence-electron chi connectivity index (χ4n) is 4.31. The third-order valence-electron chi connectivity index (χ3n) is 5.58. The number of nitrogens with zero attached hydrogens (tertiary/aromatic N) is 4. The van der Waals surface area contributed by atoms with Crippen molar-refractivity contribution in [2.75, 3.05) is 13.1 Å². The molecule has 25 heavy (non-hydrogen) atoms. The average Bonchev–Trinajstić information content (AvgIpc) is 3.32. The van der Waals surface area contributed by atoms with Crippen molar-refractivity contribution < 1.29 is 14.3 Å². The van der Waals surface area contributed by atoms with Crippen molar-refractivity contribution in [3.8, 4) is 0 Å². The lowest BCUT2D eigenvalue weighted by Crippen LogP contribution is -2.36. The Morgan fingerprint density at radius 3 is 2.76 bits per heavy atom. The van der Waals surface area contributed by atoms with Gasteiger partial charge in [-0.1, -0.05) is 13.8 Å². The van der Waals surface area contributed by atoms with Crippen LogP contribution in [0.1, 0.15) is 54.9 Å². The first kappa shape index (κ1) is 16.3. The van der Waals surface area contributed by atoms with E-state index in [-0.39, 0.29) is 17.9 Å². The second kappa shape index (κ2) is 6.29. The molecule has 0 aromatic carbocycles. The number of aromatic nitrogens is 3. The minimum Gasteiger partial charge on any atom is -0.447 e. The summed E-state index contributed by atoms with van der Waals surface area (Å²) in [5.41, 5.74) is 0.429. The molecule has 1 saturated carbocycles. The van der Waals surface area contributed by atoms with Gasteiger partial charge in [0.25, 0.3) is 5.91 Å². The van der Waals surface area contributed by atoms with Crippen LogP contribution in [0.15, 0.2) is 29.3 Å².